The smallest absolute Gasteiger partial charge is 0.253 e. The van der Waals surface area contributed by atoms with Gasteiger partial charge in [-0.2, -0.15) is 0 Å². The second kappa shape index (κ2) is 11.2. The number of benzene rings is 2. The third-order valence-corrected chi connectivity index (χ3v) is 4.58. The summed E-state index contributed by atoms with van der Waals surface area (Å²) in [5.41, 5.74) is 0.778. The molecular formula is C22H28FN3O3. The van der Waals surface area contributed by atoms with E-state index in [1.54, 1.807) is 6.07 Å². The van der Waals surface area contributed by atoms with Gasteiger partial charge < -0.3 is 20.3 Å². The minimum atomic E-state index is -0.554. The predicted molar refractivity (Wildman–Crippen MR) is 111 cm³/mol. The van der Waals surface area contributed by atoms with Gasteiger partial charge in [0, 0.05) is 19.6 Å². The Hall–Kier alpha value is -2.93. The number of carbonyl (C=O) groups is 2. The molecule has 2 amide bonds. The van der Waals surface area contributed by atoms with Crippen LogP contribution in [0.15, 0.2) is 48.5 Å². The molecular weight excluding hydrogens is 373 g/mol. The Kier molecular flexibility index (Phi) is 8.61. The van der Waals surface area contributed by atoms with E-state index in [1.807, 2.05) is 49.3 Å². The highest BCUT2D eigenvalue weighted by Gasteiger charge is 2.16. The number of halogens is 1. The summed E-state index contributed by atoms with van der Waals surface area (Å²) in [4.78, 5) is 25.7. The van der Waals surface area contributed by atoms with E-state index in [2.05, 4.69) is 10.6 Å². The van der Waals surface area contributed by atoms with E-state index in [1.165, 1.54) is 19.2 Å². The predicted octanol–water partition coefficient (Wildman–Crippen LogP) is 2.24. The summed E-state index contributed by atoms with van der Waals surface area (Å²) in [5.74, 6) is -0.382. The van der Waals surface area contributed by atoms with Gasteiger partial charge in [-0.15, -0.1) is 0 Å². The summed E-state index contributed by atoms with van der Waals surface area (Å²) >= 11 is 0. The first kappa shape index (κ1) is 22.4. The van der Waals surface area contributed by atoms with E-state index in [-0.39, 0.29) is 23.9 Å². The Labute approximate surface area is 171 Å². The zero-order valence-electron chi connectivity index (χ0n) is 17.1. The molecule has 1 atom stereocenters. The molecule has 0 bridgehead atoms. The maximum Gasteiger partial charge on any atom is 0.253 e. The molecule has 0 aliphatic heterocycles. The molecule has 0 heterocycles. The average molecular weight is 401 g/mol. The van der Waals surface area contributed by atoms with E-state index in [0.29, 0.717) is 19.6 Å². The first-order valence-corrected chi connectivity index (χ1v) is 9.52. The highest BCUT2D eigenvalue weighted by atomic mass is 19.1. The lowest BCUT2D eigenvalue weighted by Crippen LogP contribution is -2.41. The first-order valence-electron chi connectivity index (χ1n) is 9.52. The lowest BCUT2D eigenvalue weighted by molar-refractivity contribution is -0.121. The second-order valence-corrected chi connectivity index (χ2v) is 6.93. The molecule has 0 fully saturated rings. The van der Waals surface area contributed by atoms with Crippen molar-refractivity contribution in [2.24, 2.45) is 0 Å². The van der Waals surface area contributed by atoms with Gasteiger partial charge in [-0.25, -0.2) is 4.39 Å². The van der Waals surface area contributed by atoms with E-state index in [9.17, 15) is 14.0 Å². The van der Waals surface area contributed by atoms with Crippen LogP contribution in [0.5, 0.6) is 5.75 Å². The summed E-state index contributed by atoms with van der Waals surface area (Å²) in [6.07, 6.45) is 0.795. The molecule has 7 heteroatoms. The van der Waals surface area contributed by atoms with Crippen LogP contribution in [0.2, 0.25) is 0 Å². The van der Waals surface area contributed by atoms with Gasteiger partial charge in [-0.1, -0.05) is 24.3 Å². The van der Waals surface area contributed by atoms with Gasteiger partial charge in [0.2, 0.25) is 5.91 Å². The number of likely N-dealkylation sites (N-methyl/N-ethyl adjacent to an activating group) is 1. The molecule has 0 unspecified atom stereocenters. The summed E-state index contributed by atoms with van der Waals surface area (Å²) in [5, 5.41) is 5.32. The second-order valence-electron chi connectivity index (χ2n) is 6.93. The van der Waals surface area contributed by atoms with E-state index < -0.39 is 11.7 Å². The fourth-order valence-corrected chi connectivity index (χ4v) is 2.81. The van der Waals surface area contributed by atoms with Crippen LogP contribution in [0.3, 0.4) is 0 Å². The summed E-state index contributed by atoms with van der Waals surface area (Å²) in [6, 6.07) is 13.9. The fourth-order valence-electron chi connectivity index (χ4n) is 2.81. The van der Waals surface area contributed by atoms with Crippen molar-refractivity contribution in [3.05, 3.63) is 65.5 Å². The zero-order valence-corrected chi connectivity index (χ0v) is 17.1. The molecule has 6 nitrogen and oxygen atoms in total. The van der Waals surface area contributed by atoms with Gasteiger partial charge in [0.1, 0.15) is 11.6 Å². The monoisotopic (exact) mass is 401 g/mol. The minimum Gasteiger partial charge on any atom is -0.493 e. The molecule has 0 aliphatic rings. The third kappa shape index (κ3) is 7.19. The Balaban J connectivity index is 1.84. The fraction of sp³-hybridized carbons (Fsp3) is 0.364. The quantitative estimate of drug-likeness (QED) is 0.641. The molecule has 0 aromatic heterocycles. The third-order valence-electron chi connectivity index (χ3n) is 4.58. The number of para-hydroxylation sites is 1. The van der Waals surface area contributed by atoms with Crippen molar-refractivity contribution in [3.63, 3.8) is 0 Å². The number of carbonyl (C=O) groups excluding carboxylic acids is 2. The van der Waals surface area contributed by atoms with Crippen LogP contribution in [-0.2, 0) is 11.2 Å². The number of nitrogens with zero attached hydrogens (tertiary/aromatic N) is 1. The Bertz CT molecular complexity index is 812. The molecule has 2 aromatic carbocycles. The number of hydrogen-bond donors (Lipinski definition) is 2. The molecule has 2 aromatic rings. The van der Waals surface area contributed by atoms with Crippen molar-refractivity contribution in [2.45, 2.75) is 18.9 Å². The normalized spacial score (nSPS) is 11.8. The standard InChI is InChI=1S/C22H28FN3O3/c1-24-22(28)19-10-9-16(14-20(19)23)13-17(26(2)3)15-25-21(27)11-12-29-18-7-5-4-6-8-18/h4-10,14,17H,11-13,15H2,1-3H3,(H,24,28)(H,25,27)/t17-/m0/s1. The van der Waals surface area contributed by atoms with Crippen LogP contribution in [0.25, 0.3) is 0 Å². The van der Waals surface area contributed by atoms with Gasteiger partial charge in [0.25, 0.3) is 5.91 Å². The zero-order chi connectivity index (χ0) is 21.2. The summed E-state index contributed by atoms with van der Waals surface area (Å²) in [6.45, 7) is 0.727. The lowest BCUT2D eigenvalue weighted by atomic mass is 10.0. The van der Waals surface area contributed by atoms with Crippen molar-refractivity contribution in [3.8, 4) is 5.75 Å². The van der Waals surface area contributed by atoms with Crippen LogP contribution < -0.4 is 15.4 Å². The number of nitrogens with one attached hydrogen (secondary N) is 2. The summed E-state index contributed by atoms with van der Waals surface area (Å²) in [7, 11) is 5.28. The van der Waals surface area contributed by atoms with Gasteiger partial charge >= 0.3 is 0 Å². The molecule has 0 saturated carbocycles. The molecule has 2 rings (SSSR count). The lowest BCUT2D eigenvalue weighted by Gasteiger charge is -2.25. The largest absolute Gasteiger partial charge is 0.493 e. The molecule has 0 radical (unpaired) electrons. The maximum atomic E-state index is 14.2. The van der Waals surface area contributed by atoms with Crippen molar-refractivity contribution >= 4 is 11.8 Å². The van der Waals surface area contributed by atoms with Crippen molar-refractivity contribution < 1.29 is 18.7 Å². The number of ether oxygens (including phenoxy) is 1. The summed E-state index contributed by atoms with van der Waals surface area (Å²) < 4.78 is 19.7. The van der Waals surface area contributed by atoms with Gasteiger partial charge in [-0.05, 0) is 50.3 Å². The van der Waals surface area contributed by atoms with Crippen LogP contribution >= 0.6 is 0 Å². The molecule has 2 N–H and O–H groups in total. The molecule has 0 saturated heterocycles. The van der Waals surface area contributed by atoms with E-state index in [4.69, 9.17) is 4.74 Å². The Morgan fingerprint density at radius 1 is 1.14 bits per heavy atom. The number of rotatable bonds is 10. The van der Waals surface area contributed by atoms with Gasteiger partial charge in [0.15, 0.2) is 0 Å². The van der Waals surface area contributed by atoms with Gasteiger partial charge in [-0.3, -0.25) is 9.59 Å². The molecule has 29 heavy (non-hydrogen) atoms. The van der Waals surface area contributed by atoms with Crippen molar-refractivity contribution in [2.75, 3.05) is 34.3 Å². The van der Waals surface area contributed by atoms with Gasteiger partial charge in [0.05, 0.1) is 18.6 Å². The SMILES string of the molecule is CNC(=O)c1ccc(C[C@@H](CNC(=O)CCOc2ccccc2)N(C)C)cc1F. The van der Waals surface area contributed by atoms with Crippen molar-refractivity contribution in [1.29, 1.82) is 0 Å². The molecule has 0 spiro atoms. The van der Waals surface area contributed by atoms with Crippen LogP contribution in [-0.4, -0.2) is 57.1 Å². The van der Waals surface area contributed by atoms with Crippen LogP contribution in [0.1, 0.15) is 22.3 Å². The number of amides is 2. The van der Waals surface area contributed by atoms with E-state index >= 15 is 0 Å². The highest BCUT2D eigenvalue weighted by molar-refractivity contribution is 5.94. The maximum absolute atomic E-state index is 14.2. The van der Waals surface area contributed by atoms with Crippen LogP contribution in [0.4, 0.5) is 4.39 Å². The highest BCUT2D eigenvalue weighted by Crippen LogP contribution is 2.14. The van der Waals surface area contributed by atoms with Crippen molar-refractivity contribution in [1.82, 2.24) is 15.5 Å². The number of hydrogen-bond acceptors (Lipinski definition) is 4. The average Bonchev–Trinajstić information content (AvgIpc) is 2.71. The topological polar surface area (TPSA) is 70.7 Å². The Morgan fingerprint density at radius 2 is 1.86 bits per heavy atom. The first-order chi connectivity index (χ1) is 13.9. The molecule has 0 aliphatic carbocycles. The Morgan fingerprint density at radius 3 is 2.48 bits per heavy atom. The van der Waals surface area contributed by atoms with E-state index in [0.717, 1.165) is 11.3 Å². The molecule has 156 valence electrons. The minimum absolute atomic E-state index is 0.0146. The van der Waals surface area contributed by atoms with Crippen LogP contribution in [0, 0.1) is 5.82 Å².